The van der Waals surface area contributed by atoms with Gasteiger partial charge in [0.15, 0.2) is 0 Å². The Morgan fingerprint density at radius 3 is 2.69 bits per heavy atom. The minimum Gasteiger partial charge on any atom is -0.371 e. The Balaban J connectivity index is 1.98. The van der Waals surface area contributed by atoms with Crippen LogP contribution in [0.4, 0.5) is 10.1 Å². The van der Waals surface area contributed by atoms with Gasteiger partial charge in [-0.1, -0.05) is 6.07 Å². The molecule has 1 N–H and O–H groups in total. The number of imidazole rings is 1. The summed E-state index contributed by atoms with van der Waals surface area (Å²) < 4.78 is 14.3. The lowest BCUT2D eigenvalue weighted by Gasteiger charge is -2.22. The molecule has 0 atom stereocenters. The van der Waals surface area contributed by atoms with Crippen LogP contribution in [-0.4, -0.2) is 23.1 Å². The number of fused-ring (bicyclic) bond motifs is 1. The number of halogens is 2. The number of nitrogens with one attached hydrogen (secondary N) is 1. The maximum atomic E-state index is 13.3. The normalized spacial score (nSPS) is 11.6. The number of nitrogens with zero attached hydrogens (tertiary/aromatic N) is 3. The molecule has 132 valence electrons. The fourth-order valence-corrected chi connectivity index (χ4v) is 3.51. The summed E-state index contributed by atoms with van der Waals surface area (Å²) in [6, 6.07) is 12.5. The van der Waals surface area contributed by atoms with Crippen molar-refractivity contribution < 1.29 is 4.39 Å². The second-order valence-corrected chi connectivity index (χ2v) is 6.65. The fourth-order valence-electron chi connectivity index (χ4n) is 2.86. The van der Waals surface area contributed by atoms with Gasteiger partial charge in [0, 0.05) is 17.6 Å². The van der Waals surface area contributed by atoms with Gasteiger partial charge in [-0.05, 0) is 71.7 Å². The molecule has 0 saturated carbocycles. The number of H-pyrrole nitrogens is 1. The number of allylic oxidation sites excluding steroid dienone is 1. The van der Waals surface area contributed by atoms with Crippen molar-refractivity contribution in [3.63, 3.8) is 0 Å². The van der Waals surface area contributed by atoms with E-state index in [0.717, 1.165) is 28.8 Å². The molecule has 1 aromatic heterocycles. The van der Waals surface area contributed by atoms with Gasteiger partial charge in [0.2, 0.25) is 0 Å². The Kier molecular flexibility index (Phi) is 5.38. The topological polar surface area (TPSA) is 55.7 Å². The molecule has 0 amide bonds. The molecule has 3 rings (SSSR count). The Labute approximate surface area is 160 Å². The molecule has 0 aliphatic heterocycles. The van der Waals surface area contributed by atoms with Gasteiger partial charge in [-0.15, -0.1) is 0 Å². The van der Waals surface area contributed by atoms with E-state index in [1.54, 1.807) is 12.1 Å². The zero-order chi connectivity index (χ0) is 18.7. The molecule has 3 aromatic rings. The lowest BCUT2D eigenvalue weighted by Crippen LogP contribution is -2.22. The van der Waals surface area contributed by atoms with Crippen molar-refractivity contribution in [1.29, 1.82) is 5.26 Å². The fraction of sp³-hybridized carbons (Fsp3) is 0.200. The maximum absolute atomic E-state index is 13.3. The van der Waals surface area contributed by atoms with Gasteiger partial charge in [-0.3, -0.25) is 0 Å². The number of aromatic amines is 1. The predicted molar refractivity (Wildman–Crippen MR) is 107 cm³/mol. The summed E-state index contributed by atoms with van der Waals surface area (Å²) >= 11 is 3.61. The van der Waals surface area contributed by atoms with Gasteiger partial charge in [-0.25, -0.2) is 9.37 Å². The van der Waals surface area contributed by atoms with Crippen LogP contribution in [0.1, 0.15) is 25.2 Å². The first-order chi connectivity index (χ1) is 12.5. The third-order valence-electron chi connectivity index (χ3n) is 4.21. The quantitative estimate of drug-likeness (QED) is 0.572. The molecule has 0 saturated heterocycles. The van der Waals surface area contributed by atoms with E-state index >= 15 is 0 Å². The summed E-state index contributed by atoms with van der Waals surface area (Å²) in [5, 5.41) is 9.54. The molecule has 0 bridgehead atoms. The lowest BCUT2D eigenvalue weighted by atomic mass is 10.1. The zero-order valence-electron chi connectivity index (χ0n) is 14.6. The van der Waals surface area contributed by atoms with Crippen molar-refractivity contribution >= 4 is 44.3 Å². The number of rotatable bonds is 5. The number of anilines is 1. The molecule has 0 unspecified atom stereocenters. The number of hydrogen-bond donors (Lipinski definition) is 1. The highest BCUT2D eigenvalue weighted by molar-refractivity contribution is 9.10. The molecule has 0 aliphatic carbocycles. The highest BCUT2D eigenvalue weighted by Gasteiger charge is 2.10. The van der Waals surface area contributed by atoms with Crippen LogP contribution in [0.5, 0.6) is 0 Å². The third kappa shape index (κ3) is 3.63. The number of nitriles is 1. The van der Waals surface area contributed by atoms with Crippen molar-refractivity contribution in [3.05, 3.63) is 58.1 Å². The first kappa shape index (κ1) is 18.2. The lowest BCUT2D eigenvalue weighted by molar-refractivity contribution is 0.629. The molecule has 26 heavy (non-hydrogen) atoms. The maximum Gasteiger partial charge on any atom is 0.149 e. The van der Waals surface area contributed by atoms with Crippen LogP contribution in [0.25, 0.3) is 22.7 Å². The Bertz CT molecular complexity index is 1010. The smallest absolute Gasteiger partial charge is 0.149 e. The molecular formula is C20H18BrFN4. The van der Waals surface area contributed by atoms with E-state index in [0.29, 0.717) is 22.4 Å². The van der Waals surface area contributed by atoms with Gasteiger partial charge < -0.3 is 9.88 Å². The Morgan fingerprint density at radius 2 is 2.04 bits per heavy atom. The first-order valence-corrected chi connectivity index (χ1v) is 9.17. The van der Waals surface area contributed by atoms with E-state index in [4.69, 9.17) is 0 Å². The molecule has 0 fully saturated rings. The van der Waals surface area contributed by atoms with E-state index in [1.165, 1.54) is 12.1 Å². The van der Waals surface area contributed by atoms with Gasteiger partial charge >= 0.3 is 0 Å². The number of benzene rings is 2. The van der Waals surface area contributed by atoms with Crippen LogP contribution in [-0.2, 0) is 0 Å². The summed E-state index contributed by atoms with van der Waals surface area (Å²) in [7, 11) is 0. The SMILES string of the molecule is CCN(CC)c1ccc(/C=C(/C#N)c2nc3ccc(F)cc3[nH]2)cc1Br. The van der Waals surface area contributed by atoms with Crippen molar-refractivity contribution in [2.45, 2.75) is 13.8 Å². The summed E-state index contributed by atoms with van der Waals surface area (Å²) in [5.74, 6) is 0.0863. The molecule has 0 spiro atoms. The molecule has 0 radical (unpaired) electrons. The molecule has 0 aliphatic rings. The van der Waals surface area contributed by atoms with Crippen LogP contribution < -0.4 is 4.90 Å². The summed E-state index contributed by atoms with van der Waals surface area (Å²) in [6.45, 7) is 6.07. The highest BCUT2D eigenvalue weighted by Crippen LogP contribution is 2.29. The standard InChI is InChI=1S/C20H18BrFN4/c1-3-26(4-2)19-8-5-13(10-16(19)21)9-14(12-23)20-24-17-7-6-15(22)11-18(17)25-20/h5-11H,3-4H2,1-2H3,(H,24,25)/b14-9-. The highest BCUT2D eigenvalue weighted by atomic mass is 79.9. The van der Waals surface area contributed by atoms with Gasteiger partial charge in [-0.2, -0.15) is 5.26 Å². The van der Waals surface area contributed by atoms with E-state index in [2.05, 4.69) is 50.7 Å². The summed E-state index contributed by atoms with van der Waals surface area (Å²) in [5.41, 5.74) is 3.59. The average molecular weight is 413 g/mol. The predicted octanol–water partition coefficient (Wildman–Crippen LogP) is 5.37. The van der Waals surface area contributed by atoms with Crippen LogP contribution >= 0.6 is 15.9 Å². The van der Waals surface area contributed by atoms with Crippen molar-refractivity contribution in [1.82, 2.24) is 9.97 Å². The average Bonchev–Trinajstić information content (AvgIpc) is 3.05. The summed E-state index contributed by atoms with van der Waals surface area (Å²) in [6.07, 6.45) is 1.77. The Hall–Kier alpha value is -2.65. The van der Waals surface area contributed by atoms with Crippen LogP contribution in [0.15, 0.2) is 40.9 Å². The minimum atomic E-state index is -0.342. The first-order valence-electron chi connectivity index (χ1n) is 8.37. The van der Waals surface area contributed by atoms with E-state index in [1.807, 2.05) is 18.2 Å². The van der Waals surface area contributed by atoms with Crippen LogP contribution in [0, 0.1) is 17.1 Å². The van der Waals surface area contributed by atoms with Gasteiger partial charge in [0.05, 0.1) is 22.3 Å². The molecule has 2 aromatic carbocycles. The zero-order valence-corrected chi connectivity index (χ0v) is 16.1. The van der Waals surface area contributed by atoms with Crippen molar-refractivity contribution in [3.8, 4) is 6.07 Å². The molecule has 6 heteroatoms. The largest absolute Gasteiger partial charge is 0.371 e. The number of hydrogen-bond acceptors (Lipinski definition) is 3. The molecule has 1 heterocycles. The van der Waals surface area contributed by atoms with E-state index in [-0.39, 0.29) is 5.82 Å². The van der Waals surface area contributed by atoms with E-state index < -0.39 is 0 Å². The van der Waals surface area contributed by atoms with Crippen LogP contribution in [0.2, 0.25) is 0 Å². The third-order valence-corrected chi connectivity index (χ3v) is 4.84. The van der Waals surface area contributed by atoms with E-state index in [9.17, 15) is 9.65 Å². The monoisotopic (exact) mass is 412 g/mol. The van der Waals surface area contributed by atoms with Gasteiger partial charge in [0.25, 0.3) is 0 Å². The second-order valence-electron chi connectivity index (χ2n) is 5.80. The summed E-state index contributed by atoms with van der Waals surface area (Å²) in [4.78, 5) is 9.64. The minimum absolute atomic E-state index is 0.342. The van der Waals surface area contributed by atoms with Crippen LogP contribution in [0.3, 0.4) is 0 Å². The second kappa shape index (κ2) is 7.71. The molecule has 4 nitrogen and oxygen atoms in total. The Morgan fingerprint density at radius 1 is 1.27 bits per heavy atom. The van der Waals surface area contributed by atoms with Crippen molar-refractivity contribution in [2.24, 2.45) is 0 Å². The molecular weight excluding hydrogens is 395 g/mol. The van der Waals surface area contributed by atoms with Crippen molar-refractivity contribution in [2.75, 3.05) is 18.0 Å². The number of aromatic nitrogens is 2. The van der Waals surface area contributed by atoms with Gasteiger partial charge in [0.1, 0.15) is 17.7 Å².